The fourth-order valence-electron chi connectivity index (χ4n) is 4.04. The molecule has 1 heterocycles. The lowest BCUT2D eigenvalue weighted by Crippen LogP contribution is -2.54. The van der Waals surface area contributed by atoms with Gasteiger partial charge in [0.25, 0.3) is 0 Å². The van der Waals surface area contributed by atoms with Gasteiger partial charge in [0.05, 0.1) is 12.1 Å². The molecule has 1 aliphatic heterocycles. The highest BCUT2D eigenvalue weighted by Gasteiger charge is 2.42. The molecule has 4 unspecified atom stereocenters. The van der Waals surface area contributed by atoms with Crippen molar-refractivity contribution >= 4 is 12.6 Å². The Morgan fingerprint density at radius 3 is 2.07 bits per heavy atom. The van der Waals surface area contributed by atoms with Crippen molar-refractivity contribution in [3.05, 3.63) is 108 Å². The molecule has 1 fully saturated rings. The van der Waals surface area contributed by atoms with Crippen LogP contribution in [0.5, 0.6) is 0 Å². The molecule has 0 N–H and O–H groups in total. The van der Waals surface area contributed by atoms with Crippen LogP contribution in [0.4, 0.5) is 0 Å². The molecule has 3 nitrogen and oxygen atoms in total. The van der Waals surface area contributed by atoms with E-state index >= 15 is 0 Å². The predicted molar refractivity (Wildman–Crippen MR) is 124 cm³/mol. The minimum absolute atomic E-state index is 0.0315. The van der Waals surface area contributed by atoms with Crippen LogP contribution < -0.4 is 0 Å². The lowest BCUT2D eigenvalue weighted by atomic mass is 9.97. The van der Waals surface area contributed by atoms with E-state index in [1.165, 1.54) is 11.1 Å². The zero-order valence-electron chi connectivity index (χ0n) is 17.5. The quantitative estimate of drug-likeness (QED) is 0.391. The first-order chi connectivity index (χ1) is 14.6. The normalized spacial score (nSPS) is 25.7. The molecule has 30 heavy (non-hydrogen) atoms. The van der Waals surface area contributed by atoms with Crippen LogP contribution in [0.3, 0.4) is 0 Å². The van der Waals surface area contributed by atoms with E-state index in [0.717, 1.165) is 12.1 Å². The molecule has 1 aliphatic rings. The van der Waals surface area contributed by atoms with Crippen molar-refractivity contribution in [3.63, 3.8) is 0 Å². The van der Waals surface area contributed by atoms with Gasteiger partial charge in [-0.25, -0.2) is 0 Å². The molecule has 156 valence electrons. The van der Waals surface area contributed by atoms with Gasteiger partial charge in [-0.3, -0.25) is 4.90 Å². The monoisotopic (exact) mass is 419 g/mol. The minimum Gasteiger partial charge on any atom is -0.346 e. The Hall–Kier alpha value is -2.11. The topological polar surface area (TPSA) is 21.7 Å². The average Bonchev–Trinajstić information content (AvgIpc) is 2.79. The first-order valence-corrected chi connectivity index (χ1v) is 11.0. The number of benzene rings is 3. The maximum absolute atomic E-state index is 6.43. The summed E-state index contributed by atoms with van der Waals surface area (Å²) in [6.07, 6.45) is -0.389. The Kier molecular flexibility index (Phi) is 6.90. The van der Waals surface area contributed by atoms with E-state index in [2.05, 4.69) is 73.3 Å². The van der Waals surface area contributed by atoms with Gasteiger partial charge in [0, 0.05) is 12.6 Å². The highest BCUT2D eigenvalue weighted by atomic mass is 32.1. The van der Waals surface area contributed by atoms with Crippen LogP contribution in [0.2, 0.25) is 0 Å². The van der Waals surface area contributed by atoms with Gasteiger partial charge in [-0.05, 0) is 30.5 Å². The summed E-state index contributed by atoms with van der Waals surface area (Å²) in [5.74, 6) is 0. The van der Waals surface area contributed by atoms with Crippen LogP contribution in [0, 0.1) is 0 Å². The molecular formula is C26H29NO2S. The first kappa shape index (κ1) is 21.1. The smallest absolute Gasteiger partial charge is 0.179 e. The van der Waals surface area contributed by atoms with Crippen molar-refractivity contribution in [3.8, 4) is 0 Å². The summed E-state index contributed by atoms with van der Waals surface area (Å²) in [6.45, 7) is 5.18. The van der Waals surface area contributed by atoms with E-state index in [9.17, 15) is 0 Å². The van der Waals surface area contributed by atoms with Crippen LogP contribution in [0.15, 0.2) is 91.0 Å². The maximum atomic E-state index is 6.43. The van der Waals surface area contributed by atoms with Gasteiger partial charge in [-0.1, -0.05) is 91.0 Å². The van der Waals surface area contributed by atoms with Crippen LogP contribution in [0.1, 0.15) is 42.0 Å². The summed E-state index contributed by atoms with van der Waals surface area (Å²) in [7, 11) is 0. The van der Waals surface area contributed by atoms with Crippen molar-refractivity contribution in [1.82, 2.24) is 4.90 Å². The zero-order chi connectivity index (χ0) is 20.9. The molecule has 0 aromatic heterocycles. The molecule has 0 spiro atoms. The van der Waals surface area contributed by atoms with Crippen molar-refractivity contribution < 1.29 is 9.47 Å². The largest absolute Gasteiger partial charge is 0.346 e. The molecular weight excluding hydrogens is 390 g/mol. The number of morpholine rings is 1. The lowest BCUT2D eigenvalue weighted by Gasteiger charge is -2.48. The molecule has 0 saturated carbocycles. The Morgan fingerprint density at radius 2 is 1.43 bits per heavy atom. The number of ether oxygens (including phenoxy) is 2. The molecule has 1 saturated heterocycles. The third-order valence-corrected chi connectivity index (χ3v) is 6.28. The van der Waals surface area contributed by atoms with Crippen molar-refractivity contribution in [2.24, 2.45) is 0 Å². The molecule has 0 bridgehead atoms. The summed E-state index contributed by atoms with van der Waals surface area (Å²) in [6, 6.07) is 31.4. The van der Waals surface area contributed by atoms with Crippen LogP contribution in [-0.2, 0) is 16.0 Å². The number of thiol groups is 1. The summed E-state index contributed by atoms with van der Waals surface area (Å²) in [5.41, 5.74) is 3.13. The van der Waals surface area contributed by atoms with Gasteiger partial charge in [-0.15, -0.1) is 12.6 Å². The molecule has 3 aromatic carbocycles. The third kappa shape index (κ3) is 4.79. The Morgan fingerprint density at radius 1 is 0.867 bits per heavy atom. The van der Waals surface area contributed by atoms with Crippen LogP contribution in [0.25, 0.3) is 0 Å². The van der Waals surface area contributed by atoms with E-state index in [-0.39, 0.29) is 23.6 Å². The Balaban J connectivity index is 1.66. The molecule has 4 rings (SSSR count). The van der Waals surface area contributed by atoms with Crippen molar-refractivity contribution in [2.45, 2.75) is 50.3 Å². The minimum atomic E-state index is -0.426. The number of hydrogen-bond donors (Lipinski definition) is 1. The molecule has 4 heteroatoms. The van der Waals surface area contributed by atoms with Crippen LogP contribution >= 0.6 is 12.6 Å². The van der Waals surface area contributed by atoms with E-state index < -0.39 is 6.29 Å². The number of nitrogens with zero attached hydrogens (tertiary/aromatic N) is 1. The second-order valence-electron chi connectivity index (χ2n) is 7.86. The second kappa shape index (κ2) is 9.80. The van der Waals surface area contributed by atoms with Gasteiger partial charge < -0.3 is 9.47 Å². The van der Waals surface area contributed by atoms with E-state index in [0.29, 0.717) is 0 Å². The third-order valence-electron chi connectivity index (χ3n) is 5.86. The van der Waals surface area contributed by atoms with Gasteiger partial charge in [0.15, 0.2) is 6.29 Å². The van der Waals surface area contributed by atoms with Crippen molar-refractivity contribution in [2.75, 3.05) is 0 Å². The molecule has 5 atom stereocenters. The van der Waals surface area contributed by atoms with Gasteiger partial charge in [0.2, 0.25) is 0 Å². The van der Waals surface area contributed by atoms with E-state index in [1.807, 2.05) is 36.4 Å². The Bertz CT molecular complexity index is 906. The average molecular weight is 420 g/mol. The molecule has 0 aliphatic carbocycles. The van der Waals surface area contributed by atoms with Crippen LogP contribution in [-0.4, -0.2) is 23.3 Å². The summed E-state index contributed by atoms with van der Waals surface area (Å²) >= 11 is 4.74. The maximum Gasteiger partial charge on any atom is 0.179 e. The summed E-state index contributed by atoms with van der Waals surface area (Å²) < 4.78 is 12.8. The highest BCUT2D eigenvalue weighted by molar-refractivity contribution is 7.80. The van der Waals surface area contributed by atoms with Gasteiger partial charge >= 0.3 is 0 Å². The van der Waals surface area contributed by atoms with Gasteiger partial charge in [0.1, 0.15) is 5.44 Å². The fourth-order valence-corrected chi connectivity index (χ4v) is 4.34. The number of hydrogen-bond acceptors (Lipinski definition) is 4. The highest BCUT2D eigenvalue weighted by Crippen LogP contribution is 2.39. The molecule has 0 amide bonds. The first-order valence-electron chi connectivity index (χ1n) is 10.5. The SMILES string of the molecule is CC1OC(OC(S)c2ccccc2)[C@H](c2ccccc2)N(Cc2ccccc2)C1C. The molecule has 3 aromatic rings. The van der Waals surface area contributed by atoms with E-state index in [4.69, 9.17) is 22.1 Å². The summed E-state index contributed by atoms with van der Waals surface area (Å²) in [5, 5.41) is 0. The van der Waals surface area contributed by atoms with E-state index in [1.54, 1.807) is 0 Å². The van der Waals surface area contributed by atoms with Gasteiger partial charge in [-0.2, -0.15) is 0 Å². The fraction of sp³-hybridized carbons (Fsp3) is 0.308. The Labute approximate surface area is 185 Å². The standard InChI is InChI=1S/C26H29NO2S/c1-19-20(2)28-25(29-26(30)23-16-10-5-11-17-23)24(22-14-8-4-9-15-22)27(19)18-21-12-6-3-7-13-21/h3-17,19-20,24-26,30H,18H2,1-2H3/t19?,20?,24-,25?,26?/m0/s1. The molecule has 0 radical (unpaired) electrons. The second-order valence-corrected chi connectivity index (χ2v) is 8.33. The summed E-state index contributed by atoms with van der Waals surface area (Å²) in [4.78, 5) is 2.50. The zero-order valence-corrected chi connectivity index (χ0v) is 18.4. The van der Waals surface area contributed by atoms with Crippen molar-refractivity contribution in [1.29, 1.82) is 0 Å². The predicted octanol–water partition coefficient (Wildman–Crippen LogP) is 6.01. The number of rotatable bonds is 6. The lowest BCUT2D eigenvalue weighted by molar-refractivity contribution is -0.258.